The minimum Gasteiger partial charge on any atom is -0.367 e. The molecule has 0 N–H and O–H groups in total. The normalized spacial score (nSPS) is 13.6. The lowest BCUT2D eigenvalue weighted by molar-refractivity contribution is -0.131. The summed E-state index contributed by atoms with van der Waals surface area (Å²) in [4.78, 5) is 17.1. The van der Waals surface area contributed by atoms with Gasteiger partial charge in [0.15, 0.2) is 5.16 Å². The van der Waals surface area contributed by atoms with Gasteiger partial charge in [-0.25, -0.2) is 0 Å². The molecule has 0 unspecified atom stereocenters. The van der Waals surface area contributed by atoms with Crippen LogP contribution in [0.15, 0.2) is 90.1 Å². The minimum atomic E-state index is 0.216. The van der Waals surface area contributed by atoms with Gasteiger partial charge in [-0.15, -0.1) is 10.2 Å². The maximum Gasteiger partial charge on any atom is 0.222 e. The quantitative estimate of drug-likeness (QED) is 0.204. The zero-order valence-electron chi connectivity index (χ0n) is 20.7. The molecule has 1 saturated heterocycles. The number of rotatable bonds is 9. The number of carbonyl (C=O) groups is 1. The molecule has 0 spiro atoms. The first-order valence-corrected chi connectivity index (χ1v) is 14.0. The number of piperazine rings is 1. The van der Waals surface area contributed by atoms with Crippen LogP contribution < -0.4 is 4.90 Å². The largest absolute Gasteiger partial charge is 0.367 e. The molecule has 1 aromatic heterocycles. The van der Waals surface area contributed by atoms with Crippen molar-refractivity contribution in [2.75, 3.05) is 36.8 Å². The van der Waals surface area contributed by atoms with Crippen LogP contribution in [0.2, 0.25) is 5.02 Å². The molecule has 1 aliphatic rings. The molecule has 5 rings (SSSR count). The number of aromatic nitrogens is 3. The van der Waals surface area contributed by atoms with E-state index >= 15 is 0 Å². The van der Waals surface area contributed by atoms with Crippen molar-refractivity contribution in [2.45, 2.75) is 24.4 Å². The van der Waals surface area contributed by atoms with E-state index in [-0.39, 0.29) is 5.91 Å². The molecule has 0 bridgehead atoms. The third-order valence-corrected chi connectivity index (χ3v) is 7.85. The Balaban J connectivity index is 1.15. The van der Waals surface area contributed by atoms with E-state index in [9.17, 15) is 4.79 Å². The van der Waals surface area contributed by atoms with E-state index < -0.39 is 0 Å². The van der Waals surface area contributed by atoms with Crippen LogP contribution >= 0.6 is 23.4 Å². The number of hydrogen-bond donors (Lipinski definition) is 0. The van der Waals surface area contributed by atoms with Gasteiger partial charge in [0.25, 0.3) is 0 Å². The monoisotopic (exact) mass is 531 g/mol. The maximum atomic E-state index is 12.9. The van der Waals surface area contributed by atoms with Crippen molar-refractivity contribution in [2.24, 2.45) is 0 Å². The van der Waals surface area contributed by atoms with Gasteiger partial charge in [-0.2, -0.15) is 0 Å². The Hall–Kier alpha value is -3.29. The first-order chi connectivity index (χ1) is 18.2. The summed E-state index contributed by atoms with van der Waals surface area (Å²) in [6.45, 7) is 3.05. The van der Waals surface area contributed by atoms with Crippen LogP contribution in [0.4, 0.5) is 5.69 Å². The summed E-state index contributed by atoms with van der Waals surface area (Å²) in [6.07, 6.45) is 2.04. The second kappa shape index (κ2) is 12.3. The van der Waals surface area contributed by atoms with Gasteiger partial charge >= 0.3 is 0 Å². The summed E-state index contributed by atoms with van der Waals surface area (Å²) in [5.41, 5.74) is 3.29. The lowest BCUT2D eigenvalue weighted by Crippen LogP contribution is -2.48. The summed E-state index contributed by atoms with van der Waals surface area (Å²) in [5.74, 6) is 1.93. The van der Waals surface area contributed by atoms with Crippen molar-refractivity contribution in [1.29, 1.82) is 0 Å². The third kappa shape index (κ3) is 6.35. The Morgan fingerprint density at radius 3 is 2.24 bits per heavy atom. The number of hydrogen-bond acceptors (Lipinski definition) is 5. The van der Waals surface area contributed by atoms with Crippen LogP contribution in [0.25, 0.3) is 5.69 Å². The van der Waals surface area contributed by atoms with E-state index in [1.165, 1.54) is 5.56 Å². The lowest BCUT2D eigenvalue weighted by atomic mass is 10.1. The number of anilines is 1. The van der Waals surface area contributed by atoms with Crippen molar-refractivity contribution < 1.29 is 4.79 Å². The van der Waals surface area contributed by atoms with E-state index in [4.69, 9.17) is 11.6 Å². The zero-order chi connectivity index (χ0) is 25.5. The van der Waals surface area contributed by atoms with Gasteiger partial charge in [0.2, 0.25) is 5.91 Å². The molecular formula is C29H30ClN5OS. The van der Waals surface area contributed by atoms with Gasteiger partial charge in [-0.3, -0.25) is 9.36 Å². The van der Waals surface area contributed by atoms with Gasteiger partial charge in [-0.1, -0.05) is 84.0 Å². The van der Waals surface area contributed by atoms with E-state index in [1.807, 2.05) is 65.6 Å². The number of thioether (sulfide) groups is 1. The van der Waals surface area contributed by atoms with Crippen LogP contribution in [-0.2, 0) is 11.2 Å². The standard InChI is InChI=1S/C29H30ClN5OS/c30-25-14-7-8-15-26(25)33-17-19-34(20-18-33)28(36)16-9-21-37-29-32-31-27(22-23-10-3-1-4-11-23)35(29)24-12-5-2-6-13-24/h1-8,10-15H,9,16-22H2. The summed E-state index contributed by atoms with van der Waals surface area (Å²) in [5, 5.41) is 10.6. The van der Waals surface area contributed by atoms with Gasteiger partial charge in [0.1, 0.15) is 5.82 Å². The predicted molar refractivity (Wildman–Crippen MR) is 151 cm³/mol. The average Bonchev–Trinajstić information content (AvgIpc) is 3.34. The molecule has 4 aromatic rings. The highest BCUT2D eigenvalue weighted by Crippen LogP contribution is 2.27. The van der Waals surface area contributed by atoms with Crippen LogP contribution in [0.5, 0.6) is 0 Å². The second-order valence-corrected chi connectivity index (χ2v) is 10.5. The first-order valence-electron chi connectivity index (χ1n) is 12.6. The molecule has 3 aromatic carbocycles. The molecule has 0 aliphatic carbocycles. The highest BCUT2D eigenvalue weighted by atomic mass is 35.5. The van der Waals surface area contributed by atoms with Crippen LogP contribution in [0.3, 0.4) is 0 Å². The highest BCUT2D eigenvalue weighted by molar-refractivity contribution is 7.99. The molecule has 1 amide bonds. The minimum absolute atomic E-state index is 0.216. The number of benzene rings is 3. The number of carbonyl (C=O) groups excluding carboxylic acids is 1. The van der Waals surface area contributed by atoms with Crippen molar-refractivity contribution >= 4 is 35.0 Å². The van der Waals surface area contributed by atoms with E-state index in [2.05, 4.69) is 43.9 Å². The average molecular weight is 532 g/mol. The number of nitrogens with zero attached hydrogens (tertiary/aromatic N) is 5. The summed E-state index contributed by atoms with van der Waals surface area (Å²) >= 11 is 8.00. The van der Waals surface area contributed by atoms with Crippen molar-refractivity contribution in [1.82, 2.24) is 19.7 Å². The Morgan fingerprint density at radius 2 is 1.51 bits per heavy atom. The molecule has 1 aliphatic heterocycles. The molecule has 2 heterocycles. The number of halogens is 1. The fourth-order valence-electron chi connectivity index (χ4n) is 4.57. The zero-order valence-corrected chi connectivity index (χ0v) is 22.2. The molecule has 6 nitrogen and oxygen atoms in total. The van der Waals surface area contributed by atoms with Gasteiger partial charge in [-0.05, 0) is 36.2 Å². The van der Waals surface area contributed by atoms with E-state index in [0.29, 0.717) is 12.8 Å². The van der Waals surface area contributed by atoms with Crippen LogP contribution in [0, 0.1) is 0 Å². The Morgan fingerprint density at radius 1 is 0.838 bits per heavy atom. The van der Waals surface area contributed by atoms with Crippen LogP contribution in [0.1, 0.15) is 24.2 Å². The Bertz CT molecular complexity index is 1310. The number of amides is 1. The molecule has 0 saturated carbocycles. The van der Waals surface area contributed by atoms with Crippen molar-refractivity contribution in [3.63, 3.8) is 0 Å². The summed E-state index contributed by atoms with van der Waals surface area (Å²) < 4.78 is 2.13. The summed E-state index contributed by atoms with van der Waals surface area (Å²) in [7, 11) is 0. The topological polar surface area (TPSA) is 54.3 Å². The molecule has 0 atom stereocenters. The fourth-order valence-corrected chi connectivity index (χ4v) is 5.74. The molecule has 37 heavy (non-hydrogen) atoms. The predicted octanol–water partition coefficient (Wildman–Crippen LogP) is 5.73. The van der Waals surface area contributed by atoms with E-state index in [1.54, 1.807) is 11.8 Å². The molecule has 8 heteroatoms. The van der Waals surface area contributed by atoms with Crippen molar-refractivity contribution in [3.05, 3.63) is 101 Å². The van der Waals surface area contributed by atoms with E-state index in [0.717, 1.165) is 65.7 Å². The van der Waals surface area contributed by atoms with Crippen LogP contribution in [-0.4, -0.2) is 57.5 Å². The van der Waals surface area contributed by atoms with Gasteiger partial charge in [0, 0.05) is 50.5 Å². The third-order valence-electron chi connectivity index (χ3n) is 6.51. The maximum absolute atomic E-state index is 12.9. The Kier molecular flexibility index (Phi) is 8.43. The summed E-state index contributed by atoms with van der Waals surface area (Å²) in [6, 6.07) is 28.4. The Labute approximate surface area is 227 Å². The highest BCUT2D eigenvalue weighted by Gasteiger charge is 2.22. The number of para-hydroxylation sites is 2. The lowest BCUT2D eigenvalue weighted by Gasteiger charge is -2.36. The molecule has 0 radical (unpaired) electrons. The van der Waals surface area contributed by atoms with Gasteiger partial charge < -0.3 is 9.80 Å². The first kappa shape index (κ1) is 25.4. The molecule has 1 fully saturated rings. The van der Waals surface area contributed by atoms with Gasteiger partial charge in [0.05, 0.1) is 10.7 Å². The molecule has 190 valence electrons. The second-order valence-electron chi connectivity index (χ2n) is 9.00. The molecular weight excluding hydrogens is 502 g/mol. The smallest absolute Gasteiger partial charge is 0.222 e. The fraction of sp³-hybridized carbons (Fsp3) is 0.276. The van der Waals surface area contributed by atoms with Crippen molar-refractivity contribution in [3.8, 4) is 5.69 Å². The SMILES string of the molecule is O=C(CCCSc1nnc(Cc2ccccc2)n1-c1ccccc1)N1CCN(c2ccccc2Cl)CC1.